The zero-order chi connectivity index (χ0) is 18.9. The molecule has 0 atom stereocenters. The molecule has 6 nitrogen and oxygen atoms in total. The molecule has 1 aromatic rings. The number of benzene rings is 1. The van der Waals surface area contributed by atoms with Crippen molar-refractivity contribution >= 4 is 17.9 Å². The van der Waals surface area contributed by atoms with E-state index in [4.69, 9.17) is 4.74 Å². The Balaban J connectivity index is 1.56. The number of imide groups is 1. The van der Waals surface area contributed by atoms with Gasteiger partial charge >= 0.3 is 6.09 Å². The van der Waals surface area contributed by atoms with Crippen LogP contribution in [0.5, 0.6) is 0 Å². The fourth-order valence-electron chi connectivity index (χ4n) is 3.13. The van der Waals surface area contributed by atoms with Gasteiger partial charge in [0, 0.05) is 19.6 Å². The van der Waals surface area contributed by atoms with Gasteiger partial charge in [0.2, 0.25) is 0 Å². The Morgan fingerprint density at radius 3 is 2.12 bits per heavy atom. The minimum atomic E-state index is -0.501. The molecule has 138 valence electrons. The van der Waals surface area contributed by atoms with E-state index in [0.717, 1.165) is 18.4 Å². The number of fused-ring (bicyclic) bond motifs is 1. The van der Waals surface area contributed by atoms with E-state index in [-0.39, 0.29) is 24.5 Å². The Labute approximate surface area is 153 Å². The standard InChI is InChI=1S/C20H24N2O4/c1-20(2,3)26-19(25)21-11-8-14(9-12-21)10-13-22-17(23)15-6-4-5-7-16(15)18(22)24/h4-7,10H,8-9,11-13H2,1-3H3. The summed E-state index contributed by atoms with van der Waals surface area (Å²) in [6.07, 6.45) is 3.09. The summed E-state index contributed by atoms with van der Waals surface area (Å²) in [4.78, 5) is 39.8. The Morgan fingerprint density at radius 1 is 1.08 bits per heavy atom. The molecule has 2 aliphatic rings. The first kappa shape index (κ1) is 18.2. The van der Waals surface area contributed by atoms with Crippen LogP contribution < -0.4 is 0 Å². The van der Waals surface area contributed by atoms with Crippen molar-refractivity contribution in [1.82, 2.24) is 9.80 Å². The van der Waals surface area contributed by atoms with Crippen molar-refractivity contribution in [2.24, 2.45) is 0 Å². The van der Waals surface area contributed by atoms with Gasteiger partial charge in [0.15, 0.2) is 0 Å². The van der Waals surface area contributed by atoms with E-state index in [2.05, 4.69) is 0 Å². The van der Waals surface area contributed by atoms with Gasteiger partial charge in [-0.05, 0) is 45.7 Å². The normalized spacial score (nSPS) is 17.4. The highest BCUT2D eigenvalue weighted by Crippen LogP contribution is 2.24. The number of rotatable bonds is 2. The monoisotopic (exact) mass is 356 g/mol. The molecule has 0 aromatic heterocycles. The zero-order valence-electron chi connectivity index (χ0n) is 15.4. The highest BCUT2D eigenvalue weighted by atomic mass is 16.6. The van der Waals surface area contributed by atoms with Gasteiger partial charge in [0.05, 0.1) is 11.1 Å². The summed E-state index contributed by atoms with van der Waals surface area (Å²) in [5.41, 5.74) is 1.59. The molecule has 0 saturated carbocycles. The average molecular weight is 356 g/mol. The first-order valence-electron chi connectivity index (χ1n) is 8.87. The van der Waals surface area contributed by atoms with Crippen LogP contribution in [0.25, 0.3) is 0 Å². The predicted molar refractivity (Wildman–Crippen MR) is 96.9 cm³/mol. The SMILES string of the molecule is CC(C)(C)OC(=O)N1CCC(=CCN2C(=O)c3ccccc3C2=O)CC1. The molecular formula is C20H24N2O4. The van der Waals surface area contributed by atoms with Crippen molar-refractivity contribution in [3.63, 3.8) is 0 Å². The molecule has 3 rings (SSSR count). The van der Waals surface area contributed by atoms with Gasteiger partial charge in [-0.1, -0.05) is 23.8 Å². The molecule has 0 N–H and O–H groups in total. The lowest BCUT2D eigenvalue weighted by Gasteiger charge is -2.31. The van der Waals surface area contributed by atoms with Crippen LogP contribution in [0.4, 0.5) is 4.79 Å². The Bertz CT molecular complexity index is 731. The maximum absolute atomic E-state index is 12.4. The summed E-state index contributed by atoms with van der Waals surface area (Å²) in [5, 5.41) is 0. The van der Waals surface area contributed by atoms with Gasteiger partial charge < -0.3 is 9.64 Å². The number of carbonyl (C=O) groups excluding carboxylic acids is 3. The van der Waals surface area contributed by atoms with Gasteiger partial charge in [-0.15, -0.1) is 0 Å². The number of likely N-dealkylation sites (tertiary alicyclic amines) is 1. The molecule has 0 spiro atoms. The van der Waals surface area contributed by atoms with Gasteiger partial charge in [0.1, 0.15) is 5.60 Å². The Morgan fingerprint density at radius 2 is 1.62 bits per heavy atom. The molecule has 0 bridgehead atoms. The fraction of sp³-hybridized carbons (Fsp3) is 0.450. The van der Waals surface area contributed by atoms with Crippen LogP contribution in [0.3, 0.4) is 0 Å². The number of ether oxygens (including phenoxy) is 1. The Hall–Kier alpha value is -2.63. The van der Waals surface area contributed by atoms with E-state index in [0.29, 0.717) is 24.2 Å². The topological polar surface area (TPSA) is 66.9 Å². The lowest BCUT2D eigenvalue weighted by atomic mass is 10.0. The molecule has 0 unspecified atom stereocenters. The summed E-state index contributed by atoms with van der Waals surface area (Å²) in [7, 11) is 0. The van der Waals surface area contributed by atoms with Gasteiger partial charge in [0.25, 0.3) is 11.8 Å². The number of hydrogen-bond donors (Lipinski definition) is 0. The second-order valence-electron chi connectivity index (χ2n) is 7.60. The van der Waals surface area contributed by atoms with E-state index in [1.807, 2.05) is 26.8 Å². The molecule has 1 saturated heterocycles. The lowest BCUT2D eigenvalue weighted by molar-refractivity contribution is 0.0236. The second kappa shape index (κ2) is 6.94. The third-order valence-electron chi connectivity index (χ3n) is 4.50. The first-order valence-corrected chi connectivity index (χ1v) is 8.87. The highest BCUT2D eigenvalue weighted by molar-refractivity contribution is 6.21. The van der Waals surface area contributed by atoms with Gasteiger partial charge in [-0.2, -0.15) is 0 Å². The number of amides is 3. The van der Waals surface area contributed by atoms with E-state index < -0.39 is 5.60 Å². The van der Waals surface area contributed by atoms with Crippen LogP contribution in [0, 0.1) is 0 Å². The van der Waals surface area contributed by atoms with Crippen LogP contribution >= 0.6 is 0 Å². The number of carbonyl (C=O) groups is 3. The van der Waals surface area contributed by atoms with Crippen LogP contribution in [-0.4, -0.2) is 52.9 Å². The highest BCUT2D eigenvalue weighted by Gasteiger charge is 2.34. The van der Waals surface area contributed by atoms with Crippen LogP contribution in [-0.2, 0) is 4.74 Å². The van der Waals surface area contributed by atoms with Crippen molar-refractivity contribution in [2.75, 3.05) is 19.6 Å². The van der Waals surface area contributed by atoms with Crippen molar-refractivity contribution in [3.05, 3.63) is 47.0 Å². The van der Waals surface area contributed by atoms with Gasteiger partial charge in [-0.3, -0.25) is 14.5 Å². The molecule has 2 aliphatic heterocycles. The first-order chi connectivity index (χ1) is 12.3. The lowest BCUT2D eigenvalue weighted by Crippen LogP contribution is -2.40. The quantitative estimate of drug-likeness (QED) is 0.603. The molecule has 6 heteroatoms. The average Bonchev–Trinajstić information content (AvgIpc) is 2.83. The molecule has 2 heterocycles. The van der Waals surface area contributed by atoms with Crippen LogP contribution in [0.15, 0.2) is 35.9 Å². The van der Waals surface area contributed by atoms with Crippen molar-refractivity contribution in [2.45, 2.75) is 39.2 Å². The molecule has 0 radical (unpaired) electrons. The van der Waals surface area contributed by atoms with E-state index in [1.165, 1.54) is 4.90 Å². The van der Waals surface area contributed by atoms with Crippen molar-refractivity contribution in [3.8, 4) is 0 Å². The maximum atomic E-state index is 12.4. The summed E-state index contributed by atoms with van der Waals surface area (Å²) < 4.78 is 5.39. The zero-order valence-corrected chi connectivity index (χ0v) is 15.4. The minimum absolute atomic E-state index is 0.242. The smallest absolute Gasteiger partial charge is 0.410 e. The number of hydrogen-bond acceptors (Lipinski definition) is 4. The van der Waals surface area contributed by atoms with Gasteiger partial charge in [-0.25, -0.2) is 4.79 Å². The van der Waals surface area contributed by atoms with E-state index >= 15 is 0 Å². The summed E-state index contributed by atoms with van der Waals surface area (Å²) in [5.74, 6) is -0.484. The minimum Gasteiger partial charge on any atom is -0.444 e. The third-order valence-corrected chi connectivity index (χ3v) is 4.50. The van der Waals surface area contributed by atoms with Crippen LogP contribution in [0.2, 0.25) is 0 Å². The fourth-order valence-corrected chi connectivity index (χ4v) is 3.13. The van der Waals surface area contributed by atoms with E-state index in [1.54, 1.807) is 29.2 Å². The Kier molecular flexibility index (Phi) is 4.85. The molecule has 26 heavy (non-hydrogen) atoms. The maximum Gasteiger partial charge on any atom is 0.410 e. The summed E-state index contributed by atoms with van der Waals surface area (Å²) in [6.45, 7) is 6.99. The van der Waals surface area contributed by atoms with Crippen molar-refractivity contribution < 1.29 is 19.1 Å². The number of piperidine rings is 1. The second-order valence-corrected chi connectivity index (χ2v) is 7.60. The van der Waals surface area contributed by atoms with Crippen LogP contribution in [0.1, 0.15) is 54.3 Å². The van der Waals surface area contributed by atoms with Crippen molar-refractivity contribution in [1.29, 1.82) is 0 Å². The number of nitrogens with zero attached hydrogens (tertiary/aromatic N) is 2. The predicted octanol–water partition coefficient (Wildman–Crippen LogP) is 3.24. The summed E-state index contributed by atoms with van der Waals surface area (Å²) >= 11 is 0. The summed E-state index contributed by atoms with van der Waals surface area (Å²) in [6, 6.07) is 6.89. The molecular weight excluding hydrogens is 332 g/mol. The third kappa shape index (κ3) is 3.79. The molecule has 0 aliphatic carbocycles. The largest absolute Gasteiger partial charge is 0.444 e. The molecule has 1 aromatic carbocycles. The molecule has 3 amide bonds. The molecule has 1 fully saturated rings. The van der Waals surface area contributed by atoms with E-state index in [9.17, 15) is 14.4 Å².